The molecular formula is C54H44N2Si. The topological polar surface area (TPSA) is 25.8 Å². The van der Waals surface area contributed by atoms with E-state index in [1.165, 1.54) is 76.3 Å². The van der Waals surface area contributed by atoms with Crippen molar-refractivity contribution in [3.05, 3.63) is 157 Å². The first-order valence-electron chi connectivity index (χ1n) is 21.2. The molecule has 0 unspecified atom stereocenters. The van der Waals surface area contributed by atoms with Crippen LogP contribution in [-0.4, -0.2) is 18.0 Å². The molecule has 0 saturated heterocycles. The van der Waals surface area contributed by atoms with Gasteiger partial charge in [0.1, 0.15) is 8.07 Å². The van der Waals surface area contributed by atoms with Crippen molar-refractivity contribution in [3.63, 3.8) is 0 Å². The molecule has 3 heteroatoms. The van der Waals surface area contributed by atoms with Gasteiger partial charge in [-0.25, -0.2) is 9.97 Å². The fourth-order valence-electron chi connectivity index (χ4n) is 13.3. The van der Waals surface area contributed by atoms with Gasteiger partial charge in [0, 0.05) is 21.9 Å². The zero-order valence-electron chi connectivity index (χ0n) is 32.6. The lowest BCUT2D eigenvalue weighted by Crippen LogP contribution is -2.55. The molecule has 6 aliphatic rings. The van der Waals surface area contributed by atoms with E-state index in [9.17, 15) is 0 Å². The second-order valence-electron chi connectivity index (χ2n) is 18.6. The molecular weight excluding hydrogens is 705 g/mol. The molecule has 1 spiro atoms. The van der Waals surface area contributed by atoms with Crippen LogP contribution in [0.5, 0.6) is 0 Å². The van der Waals surface area contributed by atoms with E-state index in [-0.39, 0.29) is 5.41 Å². The average Bonchev–Trinajstić information content (AvgIpc) is 3.67. The molecule has 2 nitrogen and oxygen atoms in total. The summed E-state index contributed by atoms with van der Waals surface area (Å²) in [6.45, 7) is 5.08. The largest absolute Gasteiger partial charge is 0.228 e. The number of nitrogens with zero attached hydrogens (tertiary/aromatic N) is 2. The van der Waals surface area contributed by atoms with Crippen LogP contribution in [0.4, 0.5) is 0 Å². The van der Waals surface area contributed by atoms with Crippen LogP contribution in [0.3, 0.4) is 0 Å². The maximum absolute atomic E-state index is 5.27. The monoisotopic (exact) mass is 748 g/mol. The summed E-state index contributed by atoms with van der Waals surface area (Å²) in [4.78, 5) is 10.3. The van der Waals surface area contributed by atoms with E-state index >= 15 is 0 Å². The molecule has 14 rings (SSSR count). The van der Waals surface area contributed by atoms with Crippen LogP contribution in [0.2, 0.25) is 13.1 Å². The number of rotatable bonds is 3. The third-order valence-corrected chi connectivity index (χ3v) is 19.0. The summed E-state index contributed by atoms with van der Waals surface area (Å²) in [5, 5.41) is 7.02. The van der Waals surface area contributed by atoms with E-state index in [0.717, 1.165) is 45.4 Å². The minimum Gasteiger partial charge on any atom is -0.228 e. The van der Waals surface area contributed by atoms with Crippen LogP contribution < -0.4 is 10.4 Å². The molecule has 1 aliphatic heterocycles. The molecule has 4 saturated carbocycles. The maximum Gasteiger partial charge on any atom is 0.160 e. The zero-order valence-corrected chi connectivity index (χ0v) is 33.6. The highest BCUT2D eigenvalue weighted by Crippen LogP contribution is 2.70. The lowest BCUT2D eigenvalue weighted by molar-refractivity contribution is -0.0393. The number of hydrogen-bond donors (Lipinski definition) is 0. The molecule has 8 aromatic rings. The predicted octanol–water partition coefficient (Wildman–Crippen LogP) is 12.3. The number of fused-ring (bicyclic) bond motifs is 9. The minimum atomic E-state index is -1.78. The van der Waals surface area contributed by atoms with Crippen molar-refractivity contribution in [2.45, 2.75) is 50.6 Å². The normalized spacial score (nSPS) is 24.2. The molecule has 0 amide bonds. The summed E-state index contributed by atoms with van der Waals surface area (Å²) in [5.74, 6) is 3.94. The second kappa shape index (κ2) is 11.5. The Hall–Kier alpha value is -5.64. The molecule has 0 N–H and O–H groups in total. The Labute approximate surface area is 335 Å². The molecule has 4 bridgehead atoms. The van der Waals surface area contributed by atoms with Crippen LogP contribution in [0, 0.1) is 23.7 Å². The van der Waals surface area contributed by atoms with Crippen molar-refractivity contribution in [2.24, 2.45) is 23.7 Å². The van der Waals surface area contributed by atoms with Gasteiger partial charge < -0.3 is 0 Å². The standard InChI is InChI=1S/C54H44N2Si/c1-57(2)49-15-9-7-12-43(49)44-22-17-36(31-50(44)57)35-16-21-42-45-23-18-37-29-38(52-46-13-6-8-14-48(46)55-53(56-52)34-10-4-3-5-11-34)19-20-41(37)51(45)54(47(42)30-35)39-25-32-24-33(27-39)28-40(54)26-32/h3-23,29-33,39-40H,24-28H2,1-2H3. The van der Waals surface area contributed by atoms with Gasteiger partial charge in [-0.1, -0.05) is 140 Å². The van der Waals surface area contributed by atoms with Crippen molar-refractivity contribution in [3.8, 4) is 56.0 Å². The number of aromatic nitrogens is 2. The molecule has 0 radical (unpaired) electrons. The molecule has 7 aromatic carbocycles. The molecule has 0 atom stereocenters. The fourth-order valence-corrected chi connectivity index (χ4v) is 16.4. The van der Waals surface area contributed by atoms with Gasteiger partial charge in [-0.15, -0.1) is 0 Å². The first-order chi connectivity index (χ1) is 27.9. The highest BCUT2D eigenvalue weighted by Gasteiger charge is 2.62. The third kappa shape index (κ3) is 4.36. The second-order valence-corrected chi connectivity index (χ2v) is 22.9. The number of para-hydroxylation sites is 1. The Morgan fingerprint density at radius 1 is 0.491 bits per heavy atom. The van der Waals surface area contributed by atoms with Gasteiger partial charge in [-0.05, 0) is 140 Å². The number of hydrogen-bond acceptors (Lipinski definition) is 2. The van der Waals surface area contributed by atoms with E-state index in [4.69, 9.17) is 9.97 Å². The highest BCUT2D eigenvalue weighted by molar-refractivity contribution is 7.03. The summed E-state index contributed by atoms with van der Waals surface area (Å²) >= 11 is 0. The quantitative estimate of drug-likeness (QED) is 0.168. The Balaban J connectivity index is 0.991. The lowest BCUT2D eigenvalue weighted by atomic mass is 9.43. The zero-order chi connectivity index (χ0) is 37.6. The summed E-state index contributed by atoms with van der Waals surface area (Å²) in [6.07, 6.45) is 6.94. The van der Waals surface area contributed by atoms with Crippen LogP contribution in [0.15, 0.2) is 146 Å². The summed E-state index contributed by atoms with van der Waals surface area (Å²) < 4.78 is 0. The van der Waals surface area contributed by atoms with Crippen molar-refractivity contribution < 1.29 is 0 Å². The average molecular weight is 749 g/mol. The summed E-state index contributed by atoms with van der Waals surface area (Å²) in [6, 6.07) is 55.2. The molecule has 1 aromatic heterocycles. The van der Waals surface area contributed by atoms with Crippen LogP contribution in [-0.2, 0) is 5.41 Å². The SMILES string of the molecule is C[Si]1(C)c2ccccc2-c2ccc(-c3ccc4c(c3)C3(c5c-4ccc4cc(-c6nc(-c7ccccc7)nc7ccccc67)ccc54)C4CC5CC(C4)CC3C5)cc21. The van der Waals surface area contributed by atoms with Crippen molar-refractivity contribution in [1.29, 1.82) is 0 Å². The number of benzene rings is 7. The third-order valence-electron chi connectivity index (χ3n) is 15.4. The Morgan fingerprint density at radius 3 is 1.98 bits per heavy atom. The Morgan fingerprint density at radius 2 is 1.16 bits per heavy atom. The molecule has 4 fully saturated rings. The Kier molecular flexibility index (Phi) is 6.54. The van der Waals surface area contributed by atoms with E-state index < -0.39 is 8.07 Å². The van der Waals surface area contributed by atoms with Crippen molar-refractivity contribution in [2.75, 3.05) is 0 Å². The van der Waals surface area contributed by atoms with Gasteiger partial charge in [-0.2, -0.15) is 0 Å². The molecule has 2 heterocycles. The predicted molar refractivity (Wildman–Crippen MR) is 239 cm³/mol. The van der Waals surface area contributed by atoms with Gasteiger partial charge in [0.2, 0.25) is 0 Å². The van der Waals surface area contributed by atoms with Gasteiger partial charge in [0.05, 0.1) is 11.2 Å². The summed E-state index contributed by atoms with van der Waals surface area (Å²) in [7, 11) is -1.78. The first kappa shape index (κ1) is 32.4. The van der Waals surface area contributed by atoms with E-state index in [0.29, 0.717) is 11.8 Å². The van der Waals surface area contributed by atoms with Crippen LogP contribution in [0.25, 0.3) is 77.7 Å². The van der Waals surface area contributed by atoms with E-state index in [2.05, 4.69) is 159 Å². The Bertz CT molecular complexity index is 2990. The highest BCUT2D eigenvalue weighted by atomic mass is 28.3. The van der Waals surface area contributed by atoms with Gasteiger partial charge in [-0.3, -0.25) is 0 Å². The first-order valence-corrected chi connectivity index (χ1v) is 24.2. The van der Waals surface area contributed by atoms with E-state index in [1.54, 1.807) is 21.5 Å². The van der Waals surface area contributed by atoms with Crippen molar-refractivity contribution in [1.82, 2.24) is 9.97 Å². The molecule has 5 aliphatic carbocycles. The minimum absolute atomic E-state index is 0.0538. The van der Waals surface area contributed by atoms with E-state index in [1.807, 2.05) is 0 Å². The fraction of sp³-hybridized carbons (Fsp3) is 0.222. The summed E-state index contributed by atoms with van der Waals surface area (Å²) in [5.41, 5.74) is 16.1. The van der Waals surface area contributed by atoms with Gasteiger partial charge >= 0.3 is 0 Å². The van der Waals surface area contributed by atoms with Gasteiger partial charge in [0.15, 0.2) is 5.82 Å². The maximum atomic E-state index is 5.27. The van der Waals surface area contributed by atoms with Gasteiger partial charge in [0.25, 0.3) is 0 Å². The smallest absolute Gasteiger partial charge is 0.160 e. The van der Waals surface area contributed by atoms with Crippen LogP contribution >= 0.6 is 0 Å². The van der Waals surface area contributed by atoms with Crippen LogP contribution in [0.1, 0.15) is 43.2 Å². The lowest BCUT2D eigenvalue weighted by Gasteiger charge is -2.61. The van der Waals surface area contributed by atoms with Crippen molar-refractivity contribution >= 4 is 40.1 Å². The molecule has 57 heavy (non-hydrogen) atoms. The molecule has 274 valence electrons.